The average molecular weight is 579 g/mol. The first-order valence-corrected chi connectivity index (χ1v) is 13.4. The number of aliphatic carboxylic acids is 1. The van der Waals surface area contributed by atoms with E-state index < -0.39 is 91.5 Å². The Kier molecular flexibility index (Phi) is 13.4. The highest BCUT2D eigenvalue weighted by atomic mass is 16.8. The molecule has 0 aromatic carbocycles. The molecule has 2 aliphatic heterocycles. The molecule has 0 spiro atoms. The van der Waals surface area contributed by atoms with Gasteiger partial charge in [-0.3, -0.25) is 9.59 Å². The first-order valence-electron chi connectivity index (χ1n) is 13.4. The number of rotatable bonds is 13. The molecule has 14 nitrogen and oxygen atoms in total. The maximum atomic E-state index is 12.5. The predicted molar refractivity (Wildman–Crippen MR) is 134 cm³/mol. The van der Waals surface area contributed by atoms with Gasteiger partial charge >= 0.3 is 17.9 Å². The van der Waals surface area contributed by atoms with Crippen LogP contribution < -0.4 is 0 Å². The monoisotopic (exact) mass is 578 g/mol. The summed E-state index contributed by atoms with van der Waals surface area (Å²) in [5.41, 5.74) is 0. The number of allylic oxidation sites excluding steroid dienone is 1. The minimum absolute atomic E-state index is 0.266. The zero-order valence-electron chi connectivity index (χ0n) is 23.3. The second kappa shape index (κ2) is 15.7. The van der Waals surface area contributed by atoms with Gasteiger partial charge in [-0.05, 0) is 33.6 Å². The summed E-state index contributed by atoms with van der Waals surface area (Å²) < 4.78 is 33.8. The second-order valence-corrected chi connectivity index (χ2v) is 9.87. The van der Waals surface area contributed by atoms with Crippen molar-refractivity contribution in [3.05, 3.63) is 12.2 Å². The first kappa shape index (κ1) is 34.0. The molecule has 12 atom stereocenters. The largest absolute Gasteiger partial charge is 0.481 e. The van der Waals surface area contributed by atoms with E-state index in [1.807, 2.05) is 0 Å². The fourth-order valence-corrected chi connectivity index (χ4v) is 4.32. The molecule has 0 aromatic heterocycles. The summed E-state index contributed by atoms with van der Waals surface area (Å²) >= 11 is 0. The molecule has 40 heavy (non-hydrogen) atoms. The van der Waals surface area contributed by atoms with Crippen LogP contribution in [0.5, 0.6) is 0 Å². The van der Waals surface area contributed by atoms with Crippen molar-refractivity contribution in [3.63, 3.8) is 0 Å². The minimum Gasteiger partial charge on any atom is -0.481 e. The lowest BCUT2D eigenvalue weighted by atomic mass is 9.97. The Hall–Kier alpha value is -2.17. The molecule has 230 valence electrons. The number of hydrogen-bond donors (Lipinski definition) is 5. The molecule has 0 radical (unpaired) electrons. The van der Waals surface area contributed by atoms with Crippen molar-refractivity contribution in [2.75, 3.05) is 0 Å². The Morgan fingerprint density at radius 3 is 1.90 bits per heavy atom. The number of aliphatic hydroxyl groups excluding tert-OH is 4. The molecular weight excluding hydrogens is 536 g/mol. The third kappa shape index (κ3) is 9.17. The Morgan fingerprint density at radius 2 is 1.38 bits per heavy atom. The van der Waals surface area contributed by atoms with Crippen LogP contribution in [-0.2, 0) is 42.8 Å². The summed E-state index contributed by atoms with van der Waals surface area (Å²) in [7, 11) is 0. The number of carboxylic acids is 1. The molecule has 5 N–H and O–H groups in total. The molecule has 0 bridgehead atoms. The normalized spacial score (nSPS) is 36.1. The highest BCUT2D eigenvalue weighted by molar-refractivity contribution is 5.82. The molecule has 0 amide bonds. The number of carbonyl (C=O) groups excluding carboxylic acids is 2. The lowest BCUT2D eigenvalue weighted by Crippen LogP contribution is -2.64. The van der Waals surface area contributed by atoms with Gasteiger partial charge in [0.05, 0.1) is 31.2 Å². The molecule has 0 saturated carbocycles. The van der Waals surface area contributed by atoms with Crippen molar-refractivity contribution in [2.24, 2.45) is 0 Å². The molecule has 2 aliphatic rings. The summed E-state index contributed by atoms with van der Waals surface area (Å²) in [6.45, 7) is 7.94. The van der Waals surface area contributed by atoms with Crippen molar-refractivity contribution in [1.29, 1.82) is 0 Å². The zero-order valence-corrected chi connectivity index (χ0v) is 23.3. The summed E-state index contributed by atoms with van der Waals surface area (Å²) in [5.74, 6) is -2.64. The van der Waals surface area contributed by atoms with Crippen LogP contribution in [0, 0.1) is 0 Å². The molecule has 2 rings (SSSR count). The Bertz CT molecular complexity index is 864. The highest BCUT2D eigenvalue weighted by Crippen LogP contribution is 2.31. The van der Waals surface area contributed by atoms with Gasteiger partial charge < -0.3 is 54.0 Å². The summed E-state index contributed by atoms with van der Waals surface area (Å²) in [6, 6.07) is 0. The van der Waals surface area contributed by atoms with Crippen LogP contribution in [0.1, 0.15) is 60.3 Å². The van der Waals surface area contributed by atoms with E-state index in [1.165, 1.54) is 19.9 Å². The molecule has 12 unspecified atom stereocenters. The topological polar surface area (TPSA) is 208 Å². The van der Waals surface area contributed by atoms with Gasteiger partial charge in [0.25, 0.3) is 0 Å². The summed E-state index contributed by atoms with van der Waals surface area (Å²) in [6.07, 6.45) is -12.9. The van der Waals surface area contributed by atoms with Gasteiger partial charge in [0.1, 0.15) is 36.6 Å². The van der Waals surface area contributed by atoms with Crippen LogP contribution in [0.3, 0.4) is 0 Å². The third-order valence-corrected chi connectivity index (χ3v) is 6.75. The molecule has 0 aromatic rings. The summed E-state index contributed by atoms with van der Waals surface area (Å²) in [4.78, 5) is 35.6. The van der Waals surface area contributed by atoms with Gasteiger partial charge in [-0.2, -0.15) is 0 Å². The van der Waals surface area contributed by atoms with E-state index in [-0.39, 0.29) is 19.3 Å². The van der Waals surface area contributed by atoms with Gasteiger partial charge in [-0.15, -0.1) is 0 Å². The highest BCUT2D eigenvalue weighted by Gasteiger charge is 2.51. The Morgan fingerprint density at radius 1 is 0.825 bits per heavy atom. The van der Waals surface area contributed by atoms with Crippen molar-refractivity contribution in [3.8, 4) is 0 Å². The molecule has 0 aliphatic carbocycles. The van der Waals surface area contributed by atoms with Crippen LogP contribution in [0.4, 0.5) is 0 Å². The Labute approximate surface area is 232 Å². The van der Waals surface area contributed by atoms with Crippen molar-refractivity contribution in [2.45, 2.75) is 134 Å². The number of carbonyl (C=O) groups is 3. The summed E-state index contributed by atoms with van der Waals surface area (Å²) in [5, 5.41) is 51.2. The number of hydrogen-bond acceptors (Lipinski definition) is 13. The fourth-order valence-electron chi connectivity index (χ4n) is 4.32. The van der Waals surface area contributed by atoms with Gasteiger partial charge in [0.15, 0.2) is 18.7 Å². The van der Waals surface area contributed by atoms with E-state index in [1.54, 1.807) is 20.8 Å². The van der Waals surface area contributed by atoms with Gasteiger partial charge in [-0.1, -0.05) is 19.9 Å². The molecule has 2 fully saturated rings. The SMILES string of the molecule is CC=CC(=O)OC1C(OC2C(OC(CC)CC(=O)OC(CC)CC(=O)O)OC(C)C(O)C2O)OC(C)C(O)C1O. The number of carboxylic acid groups (broad SMARTS) is 1. The number of esters is 2. The average Bonchev–Trinajstić information content (AvgIpc) is 2.89. The zero-order chi connectivity index (χ0) is 30.1. The molecule has 2 heterocycles. The van der Waals surface area contributed by atoms with E-state index in [0.29, 0.717) is 6.42 Å². The van der Waals surface area contributed by atoms with Crippen LogP contribution in [0.25, 0.3) is 0 Å². The van der Waals surface area contributed by atoms with Crippen LogP contribution in [0.15, 0.2) is 12.2 Å². The van der Waals surface area contributed by atoms with Crippen LogP contribution in [-0.4, -0.2) is 117 Å². The van der Waals surface area contributed by atoms with E-state index >= 15 is 0 Å². The minimum atomic E-state index is -1.61. The molecular formula is C26H42O14. The number of ether oxygens (including phenoxy) is 6. The van der Waals surface area contributed by atoms with E-state index in [9.17, 15) is 34.8 Å². The van der Waals surface area contributed by atoms with Gasteiger partial charge in [0.2, 0.25) is 0 Å². The Balaban J connectivity index is 2.22. The lowest BCUT2D eigenvalue weighted by Gasteiger charge is -2.46. The smallest absolute Gasteiger partial charge is 0.330 e. The fraction of sp³-hybridized carbons (Fsp3) is 0.808. The van der Waals surface area contributed by atoms with E-state index in [2.05, 4.69) is 0 Å². The van der Waals surface area contributed by atoms with Crippen LogP contribution >= 0.6 is 0 Å². The van der Waals surface area contributed by atoms with E-state index in [4.69, 9.17) is 33.5 Å². The van der Waals surface area contributed by atoms with Crippen molar-refractivity contribution in [1.82, 2.24) is 0 Å². The molecule has 14 heteroatoms. The van der Waals surface area contributed by atoms with Crippen molar-refractivity contribution < 1.29 is 68.3 Å². The quantitative estimate of drug-likeness (QED) is 0.141. The maximum Gasteiger partial charge on any atom is 0.330 e. The molecule has 2 saturated heterocycles. The number of aliphatic hydroxyl groups is 4. The predicted octanol–water partition coefficient (Wildman–Crippen LogP) is -0.225. The van der Waals surface area contributed by atoms with Gasteiger partial charge in [-0.25, -0.2) is 4.79 Å². The second-order valence-electron chi connectivity index (χ2n) is 9.87. The van der Waals surface area contributed by atoms with Crippen molar-refractivity contribution >= 4 is 17.9 Å². The van der Waals surface area contributed by atoms with E-state index in [0.717, 1.165) is 6.08 Å². The van der Waals surface area contributed by atoms with Gasteiger partial charge in [0, 0.05) is 6.08 Å². The third-order valence-electron chi connectivity index (χ3n) is 6.75. The lowest BCUT2D eigenvalue weighted by molar-refractivity contribution is -0.366. The standard InChI is InChI=1S/C26H42O14/c1-6-9-17(29)39-23-21(33)19(31)13(5)36-26(23)40-24-22(34)20(32)12(4)35-25(24)38-15(8-3)11-18(30)37-14(7-2)10-16(27)28/h6,9,12-15,19-26,31-34H,7-8,10-11H2,1-5H3,(H,27,28). The van der Waals surface area contributed by atoms with Crippen LogP contribution in [0.2, 0.25) is 0 Å². The first-order chi connectivity index (χ1) is 18.8. The maximum absolute atomic E-state index is 12.5.